The minimum atomic E-state index is -0.628. The van der Waals surface area contributed by atoms with E-state index in [1.165, 1.54) is 17.4 Å². The Morgan fingerprint density at radius 3 is 2.45 bits per heavy atom. The number of carbonyl (C=O) groups excluding carboxylic acids is 3. The molecule has 7 heteroatoms. The second-order valence-electron chi connectivity index (χ2n) is 7.30. The van der Waals surface area contributed by atoms with E-state index in [-0.39, 0.29) is 18.3 Å². The quantitative estimate of drug-likeness (QED) is 0.426. The molecule has 1 aromatic heterocycles. The van der Waals surface area contributed by atoms with Crippen LogP contribution < -0.4 is 5.32 Å². The number of carbonyl (C=O) groups is 3. The SMILES string of the molecule is CC(C)(C)C(=O)NCc1ccc(C(=O)COC(=O)/C=C/c2ccc(C#N)cc2)s1. The van der Waals surface area contributed by atoms with E-state index in [1.54, 1.807) is 42.5 Å². The molecule has 0 spiro atoms. The highest BCUT2D eigenvalue weighted by Crippen LogP contribution is 2.18. The fourth-order valence-corrected chi connectivity index (χ4v) is 3.02. The lowest BCUT2D eigenvalue weighted by Crippen LogP contribution is -2.34. The van der Waals surface area contributed by atoms with Crippen LogP contribution in [-0.4, -0.2) is 24.3 Å². The van der Waals surface area contributed by atoms with Crippen LogP contribution in [0.5, 0.6) is 0 Å². The van der Waals surface area contributed by atoms with Gasteiger partial charge in [-0.05, 0) is 35.9 Å². The molecule has 6 nitrogen and oxygen atoms in total. The molecule has 1 amide bonds. The van der Waals surface area contributed by atoms with Gasteiger partial charge in [0.2, 0.25) is 11.7 Å². The molecule has 0 atom stereocenters. The van der Waals surface area contributed by atoms with Crippen molar-refractivity contribution in [1.29, 1.82) is 5.26 Å². The molecule has 1 heterocycles. The number of Topliss-reactive ketones (excluding diaryl/α,β-unsaturated/α-hetero) is 1. The number of hydrogen-bond donors (Lipinski definition) is 1. The standard InChI is InChI=1S/C22H22N2O4S/c1-22(2,3)21(27)24-13-17-9-10-19(29-17)18(25)14-28-20(26)11-8-15-4-6-16(12-23)7-5-15/h4-11H,13-14H2,1-3H3,(H,24,27)/b11-8+. The number of ketones is 1. The second kappa shape index (κ2) is 9.80. The molecular weight excluding hydrogens is 388 g/mol. The highest BCUT2D eigenvalue weighted by molar-refractivity contribution is 7.14. The lowest BCUT2D eigenvalue weighted by Gasteiger charge is -2.17. The molecule has 2 rings (SSSR count). The monoisotopic (exact) mass is 410 g/mol. The number of ether oxygens (including phenoxy) is 1. The molecule has 1 aromatic carbocycles. The van der Waals surface area contributed by atoms with E-state index >= 15 is 0 Å². The van der Waals surface area contributed by atoms with Crippen LogP contribution in [0.3, 0.4) is 0 Å². The van der Waals surface area contributed by atoms with Crippen LogP contribution in [0.15, 0.2) is 42.5 Å². The molecule has 0 saturated heterocycles. The number of nitrogens with zero attached hydrogens (tertiary/aromatic N) is 1. The average Bonchev–Trinajstić information content (AvgIpc) is 3.17. The zero-order valence-corrected chi connectivity index (χ0v) is 17.3. The van der Waals surface area contributed by atoms with Gasteiger partial charge in [0.1, 0.15) is 0 Å². The smallest absolute Gasteiger partial charge is 0.331 e. The minimum absolute atomic E-state index is 0.0678. The molecule has 1 N–H and O–H groups in total. The molecule has 0 aliphatic rings. The Kier molecular flexibility index (Phi) is 7.46. The van der Waals surface area contributed by atoms with E-state index in [4.69, 9.17) is 10.00 Å². The molecular formula is C22H22N2O4S. The van der Waals surface area contributed by atoms with Crippen LogP contribution in [-0.2, 0) is 20.9 Å². The first-order chi connectivity index (χ1) is 13.7. The summed E-state index contributed by atoms with van der Waals surface area (Å²) in [6.45, 7) is 5.48. The van der Waals surface area contributed by atoms with Gasteiger partial charge in [0.25, 0.3) is 0 Å². The minimum Gasteiger partial charge on any atom is -0.454 e. The van der Waals surface area contributed by atoms with Gasteiger partial charge in [-0.1, -0.05) is 32.9 Å². The Morgan fingerprint density at radius 2 is 1.83 bits per heavy atom. The largest absolute Gasteiger partial charge is 0.454 e. The van der Waals surface area contributed by atoms with E-state index in [9.17, 15) is 14.4 Å². The van der Waals surface area contributed by atoms with E-state index in [0.29, 0.717) is 17.0 Å². The highest BCUT2D eigenvalue weighted by Gasteiger charge is 2.21. The molecule has 0 fully saturated rings. The molecule has 2 aromatic rings. The van der Waals surface area contributed by atoms with Gasteiger partial charge in [0.15, 0.2) is 6.61 Å². The van der Waals surface area contributed by atoms with Crippen LogP contribution >= 0.6 is 11.3 Å². The average molecular weight is 410 g/mol. The van der Waals surface area contributed by atoms with Crippen LogP contribution in [0.25, 0.3) is 6.08 Å². The highest BCUT2D eigenvalue weighted by atomic mass is 32.1. The number of amides is 1. The van der Waals surface area contributed by atoms with Crippen molar-refractivity contribution in [2.45, 2.75) is 27.3 Å². The number of nitrogens with one attached hydrogen (secondary N) is 1. The van der Waals surface area contributed by atoms with Gasteiger partial charge in [-0.15, -0.1) is 11.3 Å². The third kappa shape index (κ3) is 7.01. The summed E-state index contributed by atoms with van der Waals surface area (Å²) in [5.41, 5.74) is 0.797. The summed E-state index contributed by atoms with van der Waals surface area (Å²) in [6.07, 6.45) is 2.78. The zero-order valence-electron chi connectivity index (χ0n) is 16.5. The zero-order chi connectivity index (χ0) is 21.4. The van der Waals surface area contributed by atoms with Gasteiger partial charge < -0.3 is 10.1 Å². The summed E-state index contributed by atoms with van der Waals surface area (Å²) in [6, 6.07) is 12.2. The molecule has 0 unspecified atom stereocenters. The number of hydrogen-bond acceptors (Lipinski definition) is 6. The number of rotatable bonds is 7. The Bertz CT molecular complexity index is 960. The van der Waals surface area contributed by atoms with E-state index in [0.717, 1.165) is 10.4 Å². The summed E-state index contributed by atoms with van der Waals surface area (Å²) < 4.78 is 4.99. The van der Waals surface area contributed by atoms with Crippen molar-refractivity contribution < 1.29 is 19.1 Å². The van der Waals surface area contributed by atoms with Crippen molar-refractivity contribution in [3.8, 4) is 6.07 Å². The second-order valence-corrected chi connectivity index (χ2v) is 8.46. The molecule has 29 heavy (non-hydrogen) atoms. The first-order valence-electron chi connectivity index (χ1n) is 8.94. The van der Waals surface area contributed by atoms with Gasteiger partial charge in [0, 0.05) is 16.4 Å². The first-order valence-corrected chi connectivity index (χ1v) is 9.76. The molecule has 0 bridgehead atoms. The molecule has 0 aliphatic carbocycles. The lowest BCUT2D eigenvalue weighted by atomic mass is 9.96. The number of esters is 1. The Balaban J connectivity index is 1.82. The predicted octanol–water partition coefficient (Wildman–Crippen LogP) is 3.72. The fraction of sp³-hybridized carbons (Fsp3) is 0.273. The molecule has 0 aliphatic heterocycles. The van der Waals surface area contributed by atoms with Gasteiger partial charge >= 0.3 is 5.97 Å². The predicted molar refractivity (Wildman–Crippen MR) is 111 cm³/mol. The fourth-order valence-electron chi connectivity index (χ4n) is 2.14. The number of thiophene rings is 1. The number of benzene rings is 1. The van der Waals surface area contributed by atoms with Crippen LogP contribution in [0.4, 0.5) is 0 Å². The number of nitriles is 1. The molecule has 0 saturated carbocycles. The van der Waals surface area contributed by atoms with Crippen molar-refractivity contribution in [1.82, 2.24) is 5.32 Å². The van der Waals surface area contributed by atoms with Crippen LogP contribution in [0.1, 0.15) is 46.4 Å². The molecule has 150 valence electrons. The van der Waals surface area contributed by atoms with Crippen molar-refractivity contribution in [3.05, 3.63) is 63.4 Å². The Morgan fingerprint density at radius 1 is 1.14 bits per heavy atom. The summed E-state index contributed by atoms with van der Waals surface area (Å²) >= 11 is 1.26. The van der Waals surface area contributed by atoms with Crippen LogP contribution in [0, 0.1) is 16.7 Å². The van der Waals surface area contributed by atoms with E-state index in [2.05, 4.69) is 5.32 Å². The maximum absolute atomic E-state index is 12.2. The third-order valence-corrected chi connectivity index (χ3v) is 4.96. The van der Waals surface area contributed by atoms with E-state index < -0.39 is 11.4 Å². The van der Waals surface area contributed by atoms with Crippen LogP contribution in [0.2, 0.25) is 0 Å². The van der Waals surface area contributed by atoms with Crippen molar-refractivity contribution >= 4 is 35.1 Å². The normalized spacial score (nSPS) is 11.1. The first kappa shape index (κ1) is 22.1. The van der Waals surface area contributed by atoms with Gasteiger partial charge in [-0.25, -0.2) is 4.79 Å². The Labute approximate surface area is 173 Å². The van der Waals surface area contributed by atoms with Gasteiger partial charge in [0.05, 0.1) is 23.1 Å². The van der Waals surface area contributed by atoms with Crippen molar-refractivity contribution in [2.75, 3.05) is 6.61 Å². The molecule has 0 radical (unpaired) electrons. The third-order valence-electron chi connectivity index (χ3n) is 3.84. The van der Waals surface area contributed by atoms with Crippen molar-refractivity contribution in [2.24, 2.45) is 5.41 Å². The summed E-state index contributed by atoms with van der Waals surface area (Å²) in [5, 5.41) is 11.6. The Hall–Kier alpha value is -3.24. The van der Waals surface area contributed by atoms with Crippen molar-refractivity contribution in [3.63, 3.8) is 0 Å². The maximum atomic E-state index is 12.2. The maximum Gasteiger partial charge on any atom is 0.331 e. The van der Waals surface area contributed by atoms with Gasteiger partial charge in [-0.3, -0.25) is 9.59 Å². The summed E-state index contributed by atoms with van der Waals surface area (Å²) in [7, 11) is 0. The van der Waals surface area contributed by atoms with E-state index in [1.807, 2.05) is 26.8 Å². The lowest BCUT2D eigenvalue weighted by molar-refractivity contribution is -0.136. The van der Waals surface area contributed by atoms with Gasteiger partial charge in [-0.2, -0.15) is 5.26 Å². The summed E-state index contributed by atoms with van der Waals surface area (Å²) in [5.74, 6) is -0.998. The topological polar surface area (TPSA) is 96.3 Å². The summed E-state index contributed by atoms with van der Waals surface area (Å²) in [4.78, 5) is 37.2.